The second kappa shape index (κ2) is 8.64. The van der Waals surface area contributed by atoms with Crippen LogP contribution in [-0.2, 0) is 13.5 Å². The molecule has 1 aliphatic heterocycles. The maximum absolute atomic E-state index is 6.95. The fourth-order valence-electron chi connectivity index (χ4n) is 6.86. The Hall–Kier alpha value is -2.35. The largest absolute Gasteiger partial charge is 0.449 e. The average Bonchev–Trinajstić information content (AvgIpc) is 2.81. The zero-order chi connectivity index (χ0) is 25.1. The Balaban J connectivity index is 1.67. The monoisotopic (exact) mass is 470 g/mol. The molecule has 2 nitrogen and oxygen atoms in total. The summed E-state index contributed by atoms with van der Waals surface area (Å²) in [4.78, 5) is 0. The third-order valence-corrected chi connectivity index (χ3v) is 9.26. The van der Waals surface area contributed by atoms with Crippen molar-refractivity contribution in [3.05, 3.63) is 52.7 Å². The number of nitrogens with zero attached hydrogens (tertiary/aromatic N) is 1. The number of ether oxygens (including phenoxy) is 1. The lowest BCUT2D eigenvalue weighted by molar-refractivity contribution is -0.660. The van der Waals surface area contributed by atoms with Gasteiger partial charge in [-0.1, -0.05) is 59.6 Å². The Morgan fingerprint density at radius 3 is 2.34 bits per heavy atom. The van der Waals surface area contributed by atoms with Gasteiger partial charge < -0.3 is 4.74 Å². The van der Waals surface area contributed by atoms with Crippen LogP contribution in [0.25, 0.3) is 22.0 Å². The second-order valence-corrected chi connectivity index (χ2v) is 12.8. The van der Waals surface area contributed by atoms with Gasteiger partial charge in [0.2, 0.25) is 5.75 Å². The Morgan fingerprint density at radius 1 is 1.03 bits per heavy atom. The molecule has 0 amide bonds. The van der Waals surface area contributed by atoms with Crippen LogP contribution < -0.4 is 9.30 Å². The molecular weight excluding hydrogens is 426 g/mol. The van der Waals surface area contributed by atoms with Crippen molar-refractivity contribution in [2.45, 2.75) is 99.3 Å². The van der Waals surface area contributed by atoms with E-state index in [1.54, 1.807) is 0 Å². The molecule has 1 aromatic heterocycles. The Labute approximate surface area is 212 Å². The number of hydrogen-bond donors (Lipinski definition) is 0. The summed E-state index contributed by atoms with van der Waals surface area (Å²) in [6.45, 7) is 16.3. The van der Waals surface area contributed by atoms with E-state index in [0.717, 1.165) is 17.9 Å². The van der Waals surface area contributed by atoms with Crippen LogP contribution in [0.5, 0.6) is 11.5 Å². The molecule has 0 spiro atoms. The molecule has 1 fully saturated rings. The van der Waals surface area contributed by atoms with Crippen molar-refractivity contribution in [1.29, 1.82) is 0 Å². The normalized spacial score (nSPS) is 17.4. The smallest absolute Gasteiger partial charge is 0.256 e. The van der Waals surface area contributed by atoms with Crippen LogP contribution in [0.1, 0.15) is 101 Å². The molecule has 0 N–H and O–H groups in total. The zero-order valence-electron chi connectivity index (χ0n) is 23.3. The van der Waals surface area contributed by atoms with E-state index in [1.807, 2.05) is 0 Å². The maximum Gasteiger partial charge on any atom is 0.256 e. The quantitative estimate of drug-likeness (QED) is 0.271. The fraction of sp³-hybridized carbons (Fsp3) is 0.545. The molecule has 0 saturated heterocycles. The summed E-state index contributed by atoms with van der Waals surface area (Å²) >= 11 is 0. The van der Waals surface area contributed by atoms with Crippen LogP contribution >= 0.6 is 0 Å². The number of hydrogen-bond acceptors (Lipinski definition) is 1. The van der Waals surface area contributed by atoms with Crippen LogP contribution in [0.15, 0.2) is 30.5 Å². The number of benzene rings is 2. The summed E-state index contributed by atoms with van der Waals surface area (Å²) in [6, 6.07) is 9.43. The van der Waals surface area contributed by atoms with Crippen molar-refractivity contribution in [2.24, 2.45) is 17.9 Å². The maximum atomic E-state index is 6.95. The highest BCUT2D eigenvalue weighted by Crippen LogP contribution is 2.53. The van der Waals surface area contributed by atoms with Gasteiger partial charge in [0.05, 0.1) is 5.56 Å². The average molecular weight is 471 g/mol. The van der Waals surface area contributed by atoms with E-state index in [4.69, 9.17) is 4.74 Å². The van der Waals surface area contributed by atoms with E-state index >= 15 is 0 Å². The molecule has 5 rings (SSSR count). The van der Waals surface area contributed by atoms with E-state index in [2.05, 4.69) is 90.5 Å². The Morgan fingerprint density at radius 2 is 1.71 bits per heavy atom. The summed E-state index contributed by atoms with van der Waals surface area (Å²) < 4.78 is 9.24. The second-order valence-electron chi connectivity index (χ2n) is 12.8. The van der Waals surface area contributed by atoms with Crippen LogP contribution in [0.3, 0.4) is 0 Å². The zero-order valence-corrected chi connectivity index (χ0v) is 23.3. The van der Waals surface area contributed by atoms with Crippen LogP contribution in [0.2, 0.25) is 0 Å². The van der Waals surface area contributed by atoms with Gasteiger partial charge >= 0.3 is 0 Å². The highest BCUT2D eigenvalue weighted by atomic mass is 16.5. The number of rotatable bonds is 4. The Bertz CT molecular complexity index is 1280. The molecule has 0 radical (unpaired) electrons. The van der Waals surface area contributed by atoms with E-state index in [-0.39, 0.29) is 5.41 Å². The molecule has 2 heterocycles. The summed E-state index contributed by atoms with van der Waals surface area (Å²) in [7, 11) is 2.18. The topological polar surface area (TPSA) is 13.1 Å². The van der Waals surface area contributed by atoms with E-state index in [1.165, 1.54) is 82.8 Å². The molecule has 2 aliphatic rings. The predicted molar refractivity (Wildman–Crippen MR) is 147 cm³/mol. The number of aromatic nitrogens is 1. The first kappa shape index (κ1) is 24.3. The molecule has 1 aliphatic carbocycles. The molecule has 0 unspecified atom stereocenters. The van der Waals surface area contributed by atoms with Crippen LogP contribution in [0, 0.1) is 24.7 Å². The molecule has 3 aromatic rings. The van der Waals surface area contributed by atoms with E-state index in [0.29, 0.717) is 11.3 Å². The van der Waals surface area contributed by atoms with Crippen molar-refractivity contribution < 1.29 is 9.30 Å². The molecule has 2 aromatic carbocycles. The van der Waals surface area contributed by atoms with Crippen molar-refractivity contribution in [1.82, 2.24) is 0 Å². The van der Waals surface area contributed by atoms with Gasteiger partial charge in [0.1, 0.15) is 12.8 Å². The molecular formula is C33H44NO+. The summed E-state index contributed by atoms with van der Waals surface area (Å²) in [5.41, 5.74) is 8.93. The van der Waals surface area contributed by atoms with Gasteiger partial charge in [0.15, 0.2) is 6.20 Å². The first-order valence-corrected chi connectivity index (χ1v) is 13.8. The van der Waals surface area contributed by atoms with Crippen molar-refractivity contribution >= 4 is 10.8 Å². The minimum atomic E-state index is 0.236. The van der Waals surface area contributed by atoms with Gasteiger partial charge in [-0.25, -0.2) is 0 Å². The lowest BCUT2D eigenvalue weighted by atomic mass is 9.66. The third-order valence-electron chi connectivity index (χ3n) is 9.26. The highest BCUT2D eigenvalue weighted by molar-refractivity contribution is 6.05. The number of fused-ring (bicyclic) bond motifs is 2. The molecule has 186 valence electrons. The van der Waals surface area contributed by atoms with E-state index in [9.17, 15) is 0 Å². The van der Waals surface area contributed by atoms with Gasteiger partial charge in [-0.3, -0.25) is 0 Å². The minimum absolute atomic E-state index is 0.236. The molecule has 0 atom stereocenters. The molecule has 2 heteroatoms. The molecule has 0 bridgehead atoms. The summed E-state index contributed by atoms with van der Waals surface area (Å²) in [5.74, 6) is 2.74. The Kier molecular flexibility index (Phi) is 6.01. The van der Waals surface area contributed by atoms with E-state index < -0.39 is 0 Å². The van der Waals surface area contributed by atoms with Crippen LogP contribution in [0.4, 0.5) is 0 Å². The highest BCUT2D eigenvalue weighted by Gasteiger charge is 2.38. The predicted octanol–water partition coefficient (Wildman–Crippen LogP) is 9.11. The third kappa shape index (κ3) is 4.17. The molecule has 35 heavy (non-hydrogen) atoms. The molecule has 1 saturated carbocycles. The summed E-state index contributed by atoms with van der Waals surface area (Å²) in [5, 5.41) is 2.59. The lowest BCUT2D eigenvalue weighted by Crippen LogP contribution is -2.33. The lowest BCUT2D eigenvalue weighted by Gasteiger charge is -2.39. The SMILES string of the molecule is CCC1(CC)CCC(c2cc[n+](C)c3c2Oc2cc(CC(C)(C)C)cc4cc(C)c(C)c-3c24)CC1. The summed E-state index contributed by atoms with van der Waals surface area (Å²) in [6.07, 6.45) is 11.1. The first-order chi connectivity index (χ1) is 16.6. The van der Waals surface area contributed by atoms with Crippen molar-refractivity contribution in [3.8, 4) is 22.8 Å². The minimum Gasteiger partial charge on any atom is -0.449 e. The first-order valence-electron chi connectivity index (χ1n) is 13.8. The van der Waals surface area contributed by atoms with Crippen molar-refractivity contribution in [2.75, 3.05) is 0 Å². The van der Waals surface area contributed by atoms with Gasteiger partial charge in [0.25, 0.3) is 5.69 Å². The van der Waals surface area contributed by atoms with Gasteiger partial charge in [-0.15, -0.1) is 0 Å². The van der Waals surface area contributed by atoms with Gasteiger partial charge in [-0.2, -0.15) is 4.57 Å². The van der Waals surface area contributed by atoms with Crippen LogP contribution in [-0.4, -0.2) is 0 Å². The fourth-order valence-corrected chi connectivity index (χ4v) is 6.86. The van der Waals surface area contributed by atoms with Crippen molar-refractivity contribution in [3.63, 3.8) is 0 Å². The van der Waals surface area contributed by atoms with Gasteiger partial charge in [0, 0.05) is 17.0 Å². The number of aryl methyl sites for hydroxylation is 2. The standard InChI is InChI=1S/C33H44NO/c1-9-33(10-2)14-11-24(12-15-33)26-13-16-34(8)30-28-22(4)21(3)17-25-18-23(20-32(5,6)7)19-27(29(25)28)35-31(26)30/h13,16-19,24H,9-12,14-15,20H2,1-8H3/q+1. The van der Waals surface area contributed by atoms with Gasteiger partial charge in [-0.05, 0) is 90.8 Å². The number of pyridine rings is 1.